The first-order valence-electron chi connectivity index (χ1n) is 7.01. The minimum atomic E-state index is -0.647. The lowest BCUT2D eigenvalue weighted by Crippen LogP contribution is -2.46. The van der Waals surface area contributed by atoms with Crippen LogP contribution < -0.4 is 16.4 Å². The third-order valence-electron chi connectivity index (χ3n) is 3.15. The zero-order valence-electron chi connectivity index (χ0n) is 13.4. The maximum atomic E-state index is 11.3. The van der Waals surface area contributed by atoms with E-state index in [1.807, 2.05) is 20.8 Å². The molecule has 1 rings (SSSR count). The summed E-state index contributed by atoms with van der Waals surface area (Å²) in [5.74, 6) is 1.61. The van der Waals surface area contributed by atoms with Gasteiger partial charge in [-0.2, -0.15) is 0 Å². The highest BCUT2D eigenvalue weighted by molar-refractivity contribution is 5.83. The molecule has 21 heavy (non-hydrogen) atoms. The maximum absolute atomic E-state index is 11.3. The van der Waals surface area contributed by atoms with E-state index >= 15 is 0 Å². The van der Waals surface area contributed by atoms with Crippen molar-refractivity contribution in [3.05, 3.63) is 17.3 Å². The molecule has 0 aromatic carbocycles. The number of aryl methyl sites for hydroxylation is 2. The molecule has 0 fully saturated rings. The Hall–Kier alpha value is -2.05. The second-order valence-electron chi connectivity index (χ2n) is 5.55. The SMILES string of the molecule is CCNC(=NCc1nc(C)c(C)o1)NCC(C)(C)C(N)=O. The van der Waals surface area contributed by atoms with Crippen LogP contribution in [0.4, 0.5) is 0 Å². The smallest absolute Gasteiger partial charge is 0.224 e. The molecule has 0 aliphatic heterocycles. The molecule has 7 heteroatoms. The number of nitrogens with zero attached hydrogens (tertiary/aromatic N) is 2. The van der Waals surface area contributed by atoms with Gasteiger partial charge in [0.15, 0.2) is 5.96 Å². The number of primary amides is 1. The van der Waals surface area contributed by atoms with Crippen molar-refractivity contribution >= 4 is 11.9 Å². The number of carbonyl (C=O) groups is 1. The molecule has 0 aliphatic rings. The largest absolute Gasteiger partial charge is 0.444 e. The average Bonchev–Trinajstić information content (AvgIpc) is 2.72. The van der Waals surface area contributed by atoms with E-state index < -0.39 is 5.41 Å². The Morgan fingerprint density at radius 3 is 2.52 bits per heavy atom. The molecular weight excluding hydrogens is 270 g/mol. The number of hydrogen-bond acceptors (Lipinski definition) is 4. The molecule has 0 aliphatic carbocycles. The molecule has 118 valence electrons. The predicted octanol–water partition coefficient (Wildman–Crippen LogP) is 0.858. The first-order valence-corrected chi connectivity index (χ1v) is 7.01. The molecule has 4 N–H and O–H groups in total. The van der Waals surface area contributed by atoms with E-state index in [0.29, 0.717) is 31.5 Å². The number of guanidine groups is 1. The first kappa shape index (κ1) is 17.0. The molecule has 0 radical (unpaired) electrons. The van der Waals surface area contributed by atoms with Gasteiger partial charge in [0.25, 0.3) is 0 Å². The van der Waals surface area contributed by atoms with Crippen molar-refractivity contribution in [3.63, 3.8) is 0 Å². The van der Waals surface area contributed by atoms with Gasteiger partial charge in [-0.1, -0.05) is 0 Å². The monoisotopic (exact) mass is 295 g/mol. The molecule has 0 unspecified atom stereocenters. The minimum Gasteiger partial charge on any atom is -0.444 e. The van der Waals surface area contributed by atoms with E-state index in [1.54, 1.807) is 13.8 Å². The summed E-state index contributed by atoms with van der Waals surface area (Å²) in [4.78, 5) is 20.0. The lowest BCUT2D eigenvalue weighted by atomic mass is 9.93. The van der Waals surface area contributed by atoms with E-state index in [0.717, 1.165) is 11.5 Å². The third kappa shape index (κ3) is 5.09. The number of nitrogens with two attached hydrogens (primary N) is 1. The Kier molecular flexibility index (Phi) is 5.75. The fraction of sp³-hybridized carbons (Fsp3) is 0.643. The second kappa shape index (κ2) is 7.10. The van der Waals surface area contributed by atoms with Crippen LogP contribution in [0.15, 0.2) is 9.41 Å². The van der Waals surface area contributed by atoms with Crippen LogP contribution in [0.2, 0.25) is 0 Å². The highest BCUT2D eigenvalue weighted by Crippen LogP contribution is 2.12. The van der Waals surface area contributed by atoms with Crippen LogP contribution in [-0.2, 0) is 11.3 Å². The normalized spacial score (nSPS) is 12.3. The average molecular weight is 295 g/mol. The fourth-order valence-corrected chi connectivity index (χ4v) is 1.49. The van der Waals surface area contributed by atoms with Crippen molar-refractivity contribution in [1.82, 2.24) is 15.6 Å². The number of aromatic nitrogens is 1. The van der Waals surface area contributed by atoms with Gasteiger partial charge in [0, 0.05) is 13.1 Å². The van der Waals surface area contributed by atoms with Crippen LogP contribution in [0.3, 0.4) is 0 Å². The van der Waals surface area contributed by atoms with Gasteiger partial charge in [0.2, 0.25) is 11.8 Å². The number of amides is 1. The molecular formula is C14H25N5O2. The van der Waals surface area contributed by atoms with Gasteiger partial charge in [0.1, 0.15) is 12.3 Å². The molecule has 0 saturated heterocycles. The lowest BCUT2D eigenvalue weighted by molar-refractivity contribution is -0.125. The number of nitrogens with one attached hydrogen (secondary N) is 2. The minimum absolute atomic E-state index is 0.334. The van der Waals surface area contributed by atoms with Crippen LogP contribution >= 0.6 is 0 Å². The summed E-state index contributed by atoms with van der Waals surface area (Å²) in [6.45, 7) is 10.7. The van der Waals surface area contributed by atoms with Crippen LogP contribution in [0.1, 0.15) is 38.1 Å². The topological polar surface area (TPSA) is 106 Å². The summed E-state index contributed by atoms with van der Waals surface area (Å²) < 4.78 is 5.48. The quantitative estimate of drug-likeness (QED) is 0.533. The predicted molar refractivity (Wildman–Crippen MR) is 81.8 cm³/mol. The van der Waals surface area contributed by atoms with E-state index in [2.05, 4.69) is 20.6 Å². The fourth-order valence-electron chi connectivity index (χ4n) is 1.49. The molecule has 0 saturated carbocycles. The van der Waals surface area contributed by atoms with Gasteiger partial charge in [-0.05, 0) is 34.6 Å². The first-order chi connectivity index (χ1) is 9.76. The Balaban J connectivity index is 2.68. The highest BCUT2D eigenvalue weighted by atomic mass is 16.4. The summed E-state index contributed by atoms with van der Waals surface area (Å²) in [6.07, 6.45) is 0. The van der Waals surface area contributed by atoms with Crippen LogP contribution in [0.5, 0.6) is 0 Å². The van der Waals surface area contributed by atoms with Crippen molar-refractivity contribution in [2.24, 2.45) is 16.1 Å². The van der Waals surface area contributed by atoms with Crippen LogP contribution in [-0.4, -0.2) is 29.9 Å². The zero-order valence-corrected chi connectivity index (χ0v) is 13.4. The third-order valence-corrected chi connectivity index (χ3v) is 3.15. The Bertz CT molecular complexity index is 500. The Morgan fingerprint density at radius 1 is 1.38 bits per heavy atom. The standard InChI is InChI=1S/C14H25N5O2/c1-6-16-13(18-8-14(4,5)12(15)20)17-7-11-19-9(2)10(3)21-11/h6-8H2,1-5H3,(H2,15,20)(H2,16,17,18). The summed E-state index contributed by atoms with van der Waals surface area (Å²) >= 11 is 0. The van der Waals surface area contributed by atoms with Crippen molar-refractivity contribution < 1.29 is 9.21 Å². The second-order valence-corrected chi connectivity index (χ2v) is 5.55. The van der Waals surface area contributed by atoms with E-state index in [4.69, 9.17) is 10.2 Å². The van der Waals surface area contributed by atoms with E-state index in [-0.39, 0.29) is 5.91 Å². The van der Waals surface area contributed by atoms with Crippen molar-refractivity contribution in [1.29, 1.82) is 0 Å². The zero-order chi connectivity index (χ0) is 16.0. The Labute approximate surface area is 125 Å². The van der Waals surface area contributed by atoms with Gasteiger partial charge in [-0.25, -0.2) is 9.98 Å². The number of aliphatic imine (C=N–C) groups is 1. The van der Waals surface area contributed by atoms with E-state index in [9.17, 15) is 4.79 Å². The summed E-state index contributed by atoms with van der Waals surface area (Å²) in [5, 5.41) is 6.21. The number of hydrogen-bond donors (Lipinski definition) is 3. The molecule has 1 aromatic heterocycles. The van der Waals surface area contributed by atoms with Gasteiger partial charge in [0.05, 0.1) is 11.1 Å². The number of oxazole rings is 1. The van der Waals surface area contributed by atoms with Crippen LogP contribution in [0, 0.1) is 19.3 Å². The molecule has 1 heterocycles. The molecule has 7 nitrogen and oxygen atoms in total. The van der Waals surface area contributed by atoms with Crippen molar-refractivity contribution in [2.45, 2.75) is 41.2 Å². The van der Waals surface area contributed by atoms with Crippen molar-refractivity contribution in [2.75, 3.05) is 13.1 Å². The van der Waals surface area contributed by atoms with Crippen LogP contribution in [0.25, 0.3) is 0 Å². The number of rotatable bonds is 6. The summed E-state index contributed by atoms with van der Waals surface area (Å²) in [7, 11) is 0. The van der Waals surface area contributed by atoms with Gasteiger partial charge in [-0.3, -0.25) is 4.79 Å². The summed E-state index contributed by atoms with van der Waals surface area (Å²) in [5.41, 5.74) is 5.57. The van der Waals surface area contributed by atoms with Gasteiger partial charge < -0.3 is 20.8 Å². The van der Waals surface area contributed by atoms with Crippen molar-refractivity contribution in [3.8, 4) is 0 Å². The molecule has 0 bridgehead atoms. The molecule has 1 amide bonds. The van der Waals surface area contributed by atoms with Gasteiger partial charge in [-0.15, -0.1) is 0 Å². The highest BCUT2D eigenvalue weighted by Gasteiger charge is 2.24. The number of carbonyl (C=O) groups excluding carboxylic acids is 1. The maximum Gasteiger partial charge on any atom is 0.224 e. The Morgan fingerprint density at radius 2 is 2.05 bits per heavy atom. The summed E-state index contributed by atoms with van der Waals surface area (Å²) in [6, 6.07) is 0. The molecule has 0 atom stereocenters. The van der Waals surface area contributed by atoms with Gasteiger partial charge >= 0.3 is 0 Å². The lowest BCUT2D eigenvalue weighted by Gasteiger charge is -2.22. The molecule has 0 spiro atoms. The van der Waals surface area contributed by atoms with E-state index in [1.165, 1.54) is 0 Å². The molecule has 1 aromatic rings.